The summed E-state index contributed by atoms with van der Waals surface area (Å²) >= 11 is 0. The van der Waals surface area contributed by atoms with Gasteiger partial charge in [-0.2, -0.15) is 0 Å². The van der Waals surface area contributed by atoms with Gasteiger partial charge in [0.1, 0.15) is 0 Å². The molecule has 0 aromatic carbocycles. The van der Waals surface area contributed by atoms with Crippen molar-refractivity contribution in [2.45, 2.75) is 124 Å². The molecule has 3 saturated carbocycles. The summed E-state index contributed by atoms with van der Waals surface area (Å²) in [5.74, 6) is 4.00. The Labute approximate surface area is 204 Å². The number of hydrogen-bond donors (Lipinski definition) is 1. The van der Waals surface area contributed by atoms with Crippen molar-refractivity contribution < 1.29 is 9.84 Å². The van der Waals surface area contributed by atoms with Crippen molar-refractivity contribution >= 4 is 0 Å². The Hall–Kier alpha value is -0.600. The summed E-state index contributed by atoms with van der Waals surface area (Å²) in [6.45, 7) is 15.2. The smallest absolute Gasteiger partial charge is 0.0580 e. The van der Waals surface area contributed by atoms with Crippen LogP contribution in [0.4, 0.5) is 0 Å². The number of aliphatic hydroxyl groups excluding tert-OH is 1. The maximum absolute atomic E-state index is 10.3. The van der Waals surface area contributed by atoms with E-state index in [2.05, 4.69) is 53.7 Å². The zero-order valence-electron chi connectivity index (χ0n) is 22.5. The number of aliphatic hydroxyl groups is 1. The van der Waals surface area contributed by atoms with Crippen LogP contribution >= 0.6 is 0 Å². The molecule has 1 unspecified atom stereocenters. The minimum absolute atomic E-state index is 0.0986. The molecule has 188 valence electrons. The second-order valence-electron chi connectivity index (χ2n) is 13.2. The van der Waals surface area contributed by atoms with E-state index >= 15 is 0 Å². The standard InChI is InChI=1S/C31H52O2/c1-21(2)8-7-9-22(3)16-19-33-23(4)27-12-13-28-26-11-10-24-20-25(32)14-17-30(24,5)29(26)15-18-31(27,28)6/h8,10,22-23,25-29,32H,7,9,11-20H2,1-6H3/t22-,23?,25-,26-,27+,28-,29-,30-,31+/m0/s1. The predicted molar refractivity (Wildman–Crippen MR) is 139 cm³/mol. The van der Waals surface area contributed by atoms with Crippen molar-refractivity contribution in [1.82, 2.24) is 0 Å². The minimum Gasteiger partial charge on any atom is -0.393 e. The summed E-state index contributed by atoms with van der Waals surface area (Å²) < 4.78 is 6.54. The van der Waals surface area contributed by atoms with Crippen molar-refractivity contribution in [3.8, 4) is 0 Å². The first-order chi connectivity index (χ1) is 15.6. The van der Waals surface area contributed by atoms with E-state index in [1.54, 1.807) is 5.57 Å². The molecule has 4 aliphatic carbocycles. The van der Waals surface area contributed by atoms with Gasteiger partial charge in [-0.15, -0.1) is 0 Å². The van der Waals surface area contributed by atoms with Crippen LogP contribution in [-0.4, -0.2) is 23.9 Å². The van der Waals surface area contributed by atoms with E-state index in [-0.39, 0.29) is 6.10 Å². The van der Waals surface area contributed by atoms with Gasteiger partial charge < -0.3 is 9.84 Å². The molecule has 0 amide bonds. The van der Waals surface area contributed by atoms with Gasteiger partial charge in [-0.05, 0) is 132 Å². The van der Waals surface area contributed by atoms with Crippen LogP contribution < -0.4 is 0 Å². The van der Waals surface area contributed by atoms with E-state index in [0.29, 0.717) is 16.9 Å². The van der Waals surface area contributed by atoms with Crippen molar-refractivity contribution in [2.24, 2.45) is 40.4 Å². The van der Waals surface area contributed by atoms with Gasteiger partial charge in [0.15, 0.2) is 0 Å². The van der Waals surface area contributed by atoms with E-state index < -0.39 is 0 Å². The van der Waals surface area contributed by atoms with Crippen LogP contribution in [0.5, 0.6) is 0 Å². The van der Waals surface area contributed by atoms with Crippen LogP contribution in [0.2, 0.25) is 0 Å². The molecule has 2 heteroatoms. The lowest BCUT2D eigenvalue weighted by Gasteiger charge is -2.58. The summed E-state index contributed by atoms with van der Waals surface area (Å²) in [5.41, 5.74) is 3.83. The summed E-state index contributed by atoms with van der Waals surface area (Å²) in [6.07, 6.45) is 18.8. The molecule has 4 rings (SSSR count). The van der Waals surface area contributed by atoms with Crippen LogP contribution in [-0.2, 0) is 4.74 Å². The first-order valence-electron chi connectivity index (χ1n) is 14.3. The molecular formula is C31H52O2. The normalized spacial score (nSPS) is 41.9. The largest absolute Gasteiger partial charge is 0.393 e. The number of rotatable bonds is 8. The molecule has 3 fully saturated rings. The fourth-order valence-corrected chi connectivity index (χ4v) is 8.83. The van der Waals surface area contributed by atoms with E-state index in [1.165, 1.54) is 63.4 Å². The van der Waals surface area contributed by atoms with Crippen LogP contribution in [0.15, 0.2) is 23.3 Å². The Morgan fingerprint density at radius 2 is 1.88 bits per heavy atom. The lowest BCUT2D eigenvalue weighted by Crippen LogP contribution is -2.51. The van der Waals surface area contributed by atoms with Crippen LogP contribution in [0.1, 0.15) is 112 Å². The number of allylic oxidation sites excluding steroid dienone is 3. The lowest BCUT2D eigenvalue weighted by molar-refractivity contribution is -0.0821. The second kappa shape index (κ2) is 10.2. The Bertz CT molecular complexity index is 733. The zero-order valence-corrected chi connectivity index (χ0v) is 22.5. The SMILES string of the molecule is CC(C)=CCC[C@H](C)CCOC(C)[C@H]1CC[C@H]2[C@@H]3CC=C4C[C@@H](O)CC[C@]4(C)[C@H]3CC[C@]12C. The van der Waals surface area contributed by atoms with Crippen molar-refractivity contribution in [2.75, 3.05) is 6.61 Å². The quantitative estimate of drug-likeness (QED) is 0.374. The van der Waals surface area contributed by atoms with Crippen LogP contribution in [0.25, 0.3) is 0 Å². The molecule has 0 heterocycles. The molecule has 0 aliphatic heterocycles. The molecule has 2 nitrogen and oxygen atoms in total. The van der Waals surface area contributed by atoms with Gasteiger partial charge in [-0.25, -0.2) is 0 Å². The highest BCUT2D eigenvalue weighted by Crippen LogP contribution is 2.66. The topological polar surface area (TPSA) is 29.5 Å². The van der Waals surface area contributed by atoms with E-state index in [0.717, 1.165) is 49.0 Å². The molecule has 0 aromatic heterocycles. The van der Waals surface area contributed by atoms with Crippen molar-refractivity contribution in [3.63, 3.8) is 0 Å². The van der Waals surface area contributed by atoms with Gasteiger partial charge in [0.2, 0.25) is 0 Å². The van der Waals surface area contributed by atoms with Crippen molar-refractivity contribution in [1.29, 1.82) is 0 Å². The molecule has 0 radical (unpaired) electrons. The second-order valence-corrected chi connectivity index (χ2v) is 13.2. The number of ether oxygens (including phenoxy) is 1. The van der Waals surface area contributed by atoms with Gasteiger partial charge in [0, 0.05) is 6.61 Å². The molecule has 4 aliphatic rings. The average Bonchev–Trinajstić information content (AvgIpc) is 3.11. The molecule has 33 heavy (non-hydrogen) atoms. The van der Waals surface area contributed by atoms with Crippen LogP contribution in [0.3, 0.4) is 0 Å². The third-order valence-corrected chi connectivity index (χ3v) is 10.9. The average molecular weight is 457 g/mol. The highest BCUT2D eigenvalue weighted by Gasteiger charge is 2.59. The minimum atomic E-state index is -0.0986. The van der Waals surface area contributed by atoms with Crippen molar-refractivity contribution in [3.05, 3.63) is 23.3 Å². The summed E-state index contributed by atoms with van der Waals surface area (Å²) in [5, 5.41) is 10.3. The predicted octanol–water partition coefficient (Wildman–Crippen LogP) is 8.10. The van der Waals surface area contributed by atoms with Gasteiger partial charge >= 0.3 is 0 Å². The summed E-state index contributed by atoms with van der Waals surface area (Å²) in [6, 6.07) is 0. The molecule has 9 atom stereocenters. The van der Waals surface area contributed by atoms with Gasteiger partial charge in [0.05, 0.1) is 12.2 Å². The van der Waals surface area contributed by atoms with Gasteiger partial charge in [-0.1, -0.05) is 44.1 Å². The first kappa shape index (κ1) is 25.5. The summed E-state index contributed by atoms with van der Waals surface area (Å²) in [7, 11) is 0. The van der Waals surface area contributed by atoms with Crippen LogP contribution in [0, 0.1) is 40.4 Å². The monoisotopic (exact) mass is 456 g/mol. The Balaban J connectivity index is 1.34. The zero-order chi connectivity index (χ0) is 23.8. The summed E-state index contributed by atoms with van der Waals surface area (Å²) in [4.78, 5) is 0. The fourth-order valence-electron chi connectivity index (χ4n) is 8.83. The molecule has 1 N–H and O–H groups in total. The molecule has 0 bridgehead atoms. The lowest BCUT2D eigenvalue weighted by atomic mass is 9.47. The maximum atomic E-state index is 10.3. The van der Waals surface area contributed by atoms with E-state index in [9.17, 15) is 5.11 Å². The highest BCUT2D eigenvalue weighted by molar-refractivity contribution is 5.25. The molecular weight excluding hydrogens is 404 g/mol. The Morgan fingerprint density at radius 1 is 1.09 bits per heavy atom. The number of hydrogen-bond acceptors (Lipinski definition) is 2. The molecule has 0 aromatic rings. The Kier molecular flexibility index (Phi) is 7.86. The highest BCUT2D eigenvalue weighted by atomic mass is 16.5. The van der Waals surface area contributed by atoms with Gasteiger partial charge in [0.25, 0.3) is 0 Å². The van der Waals surface area contributed by atoms with Gasteiger partial charge in [-0.3, -0.25) is 0 Å². The number of fused-ring (bicyclic) bond motifs is 5. The van der Waals surface area contributed by atoms with E-state index in [1.807, 2.05) is 0 Å². The molecule has 0 saturated heterocycles. The molecule has 0 spiro atoms. The maximum Gasteiger partial charge on any atom is 0.0580 e. The van der Waals surface area contributed by atoms with E-state index in [4.69, 9.17) is 4.74 Å². The third-order valence-electron chi connectivity index (χ3n) is 10.9. The fraction of sp³-hybridized carbons (Fsp3) is 0.871. The third kappa shape index (κ3) is 5.04. The first-order valence-corrected chi connectivity index (χ1v) is 14.3. The Morgan fingerprint density at radius 3 is 2.64 bits per heavy atom.